The topological polar surface area (TPSA) is 19.4 Å². The Balaban J connectivity index is 0.00000600. The van der Waals surface area contributed by atoms with Crippen molar-refractivity contribution >= 4 is 62.9 Å². The molecule has 0 aliphatic rings. The van der Waals surface area contributed by atoms with Crippen molar-refractivity contribution in [2.75, 3.05) is 114 Å². The molecule has 0 heterocycles. The summed E-state index contributed by atoms with van der Waals surface area (Å²) >= 11 is 0. The van der Waals surface area contributed by atoms with Crippen LogP contribution in [-0.4, -0.2) is 92.6 Å². The van der Waals surface area contributed by atoms with Crippen molar-refractivity contribution in [1.82, 2.24) is 0 Å². The Hall–Kier alpha value is -2.39. The monoisotopic (exact) mass is 790 g/mol. The van der Waals surface area contributed by atoms with Gasteiger partial charge in [-0.3, -0.25) is 0 Å². The molecule has 4 aromatic carbocycles. The largest absolute Gasteiger partial charge is 4.00 e. The Kier molecular flexibility index (Phi) is 17.5. The normalized spacial score (nSPS) is 10.6. The molecule has 6 nitrogen and oxygen atoms in total. The van der Waals surface area contributed by atoms with Gasteiger partial charge in [0.15, 0.2) is 8.07 Å². The van der Waals surface area contributed by atoms with E-state index in [1.807, 2.05) is 0 Å². The van der Waals surface area contributed by atoms with Crippen molar-refractivity contribution in [2.24, 2.45) is 0 Å². The Morgan fingerprint density at radius 3 is 0.780 bits per heavy atom. The zero-order chi connectivity index (χ0) is 34.4. The van der Waals surface area contributed by atoms with Gasteiger partial charge in [-0.2, -0.15) is 27.4 Å². The molecule has 0 saturated heterocycles. The van der Waals surface area contributed by atoms with Gasteiger partial charge < -0.3 is 66.6 Å². The van der Waals surface area contributed by atoms with Crippen LogP contribution in [0.2, 0.25) is 0 Å². The molecule has 0 aliphatic heterocycles. The van der Waals surface area contributed by atoms with Crippen molar-refractivity contribution in [3.63, 3.8) is 0 Å². The summed E-state index contributed by atoms with van der Waals surface area (Å²) in [5.41, 5.74) is 12.9. The molecule has 4 aromatic rings. The summed E-state index contributed by atoms with van der Waals surface area (Å²) in [5.74, 6) is 0. The van der Waals surface area contributed by atoms with Gasteiger partial charge in [0.05, 0.1) is 0 Å². The number of hydrogen-bond donors (Lipinski definition) is 0. The molecule has 0 unspecified atom stereocenters. The van der Waals surface area contributed by atoms with Crippen LogP contribution in [0.1, 0.15) is 22.3 Å². The average Bonchev–Trinajstić information content (AvgIpc) is 3.19. The predicted octanol–water partition coefficient (Wildman–Crippen LogP) is -4.58. The van der Waals surface area contributed by atoms with Crippen molar-refractivity contribution in [1.29, 1.82) is 0 Å². The zero-order valence-corrected chi connectivity index (χ0v) is 37.8. The molecule has 0 radical (unpaired) electrons. The number of halogens is 3. The van der Waals surface area contributed by atoms with E-state index < -0.39 is 8.07 Å². The fraction of sp³-hybridized carbons (Fsp3) is 0.410. The number of hydrogen-bond acceptors (Lipinski definition) is 6. The van der Waals surface area contributed by atoms with Gasteiger partial charge in [0.25, 0.3) is 0 Å². The molecule has 0 atom stereocenters. The van der Waals surface area contributed by atoms with E-state index in [0.717, 1.165) is 0 Å². The molecular weight excluding hydrogens is 735 g/mol. The van der Waals surface area contributed by atoms with Crippen molar-refractivity contribution in [3.05, 3.63) is 76.9 Å². The zero-order valence-electron chi connectivity index (χ0n) is 33.0. The number of benzene rings is 3. The van der Waals surface area contributed by atoms with Gasteiger partial charge in [-0.05, 0) is 70.2 Å². The van der Waals surface area contributed by atoms with Crippen LogP contribution >= 0.6 is 0 Å². The van der Waals surface area contributed by atoms with Crippen LogP contribution < -0.4 is 87.4 Å². The first-order valence-electron chi connectivity index (χ1n) is 16.2. The number of rotatable bonds is 10. The molecule has 272 valence electrons. The molecule has 0 aromatic heterocycles. The third-order valence-electron chi connectivity index (χ3n) is 9.92. The van der Waals surface area contributed by atoms with E-state index in [4.69, 9.17) is 0 Å². The summed E-state index contributed by atoms with van der Waals surface area (Å²) in [4.78, 5) is 13.5. The Bertz CT molecular complexity index is 1480. The first-order valence-corrected chi connectivity index (χ1v) is 18.2. The molecule has 50 heavy (non-hydrogen) atoms. The summed E-state index contributed by atoms with van der Waals surface area (Å²) in [5, 5.41) is 5.67. The van der Waals surface area contributed by atoms with Crippen LogP contribution in [0.15, 0.2) is 54.6 Å². The third-order valence-corrected chi connectivity index (χ3v) is 14.9. The number of anilines is 6. The molecule has 0 fully saturated rings. The maximum absolute atomic E-state index is 3.02. The maximum atomic E-state index is 2.48. The van der Waals surface area contributed by atoms with Gasteiger partial charge in [0.2, 0.25) is 0 Å². The van der Waals surface area contributed by atoms with Crippen LogP contribution in [-0.2, 0) is 21.7 Å². The van der Waals surface area contributed by atoms with Crippen LogP contribution in [0.25, 0.3) is 0 Å². The summed E-state index contributed by atoms with van der Waals surface area (Å²) in [6.45, 7) is 9.34. The van der Waals surface area contributed by atoms with Gasteiger partial charge in [0, 0.05) is 119 Å². The second-order valence-corrected chi connectivity index (χ2v) is 17.9. The minimum absolute atomic E-state index is 0. The standard InChI is InChI=1S/C39H57N6Si.3ClH.Ti/c1-26-27(2)29(4)39(28(26)3)46(36-20-30(40(5)6)17-31(21-36)41(7)8,37-22-32(42(9)10)18-33(23-37)43(11)12)38-24-34(44(13)14)19-35(25-38)45(15)16;;;;/h17-25H,1-16H3;3*1H;/q-1;;;;+4/p-3. The van der Waals surface area contributed by atoms with E-state index >= 15 is 0 Å². The molecule has 0 bridgehead atoms. The van der Waals surface area contributed by atoms with Gasteiger partial charge in [0.1, 0.15) is 0 Å². The Morgan fingerprint density at radius 1 is 0.400 bits per heavy atom. The van der Waals surface area contributed by atoms with Gasteiger partial charge in [-0.25, -0.2) is 0 Å². The minimum Gasteiger partial charge on any atom is -1.00 e. The average molecular weight is 792 g/mol. The molecule has 0 N–H and O–H groups in total. The second-order valence-electron chi connectivity index (χ2n) is 14.2. The first kappa shape index (κ1) is 47.6. The Morgan fingerprint density at radius 2 is 0.620 bits per heavy atom. The van der Waals surface area contributed by atoms with Crippen LogP contribution in [0.4, 0.5) is 34.1 Å². The van der Waals surface area contributed by atoms with Gasteiger partial charge in [-0.15, -0.1) is 0 Å². The molecule has 0 saturated carbocycles. The number of nitrogens with zero attached hydrogens (tertiary/aromatic N) is 6. The summed E-state index contributed by atoms with van der Waals surface area (Å²) in [6.07, 6.45) is 0. The summed E-state index contributed by atoms with van der Waals surface area (Å²) in [6, 6.07) is 21.8. The van der Waals surface area contributed by atoms with E-state index in [-0.39, 0.29) is 58.9 Å². The smallest absolute Gasteiger partial charge is 1.00 e. The van der Waals surface area contributed by atoms with E-state index in [1.54, 1.807) is 0 Å². The van der Waals surface area contributed by atoms with Crippen molar-refractivity contribution in [2.45, 2.75) is 27.7 Å². The SMILES string of the molecule is Cc1c(C)c([Si](c2cc(N(C)C)cc(N(C)C)c2)(c2cc(N(C)C)cc(N(C)C)c2)c2cc(N(C)C)cc(N(C)C)c2)[c-](C)c1C.[Cl-].[Cl-].[Cl-].[Ti+4]. The summed E-state index contributed by atoms with van der Waals surface area (Å²) < 4.78 is 0. The molecule has 0 amide bonds. The second kappa shape index (κ2) is 18.4. The molecule has 4 rings (SSSR count). The molecule has 0 spiro atoms. The van der Waals surface area contributed by atoms with Crippen LogP contribution in [0, 0.1) is 27.7 Å². The predicted molar refractivity (Wildman–Crippen MR) is 211 cm³/mol. The van der Waals surface area contributed by atoms with Gasteiger partial charge >= 0.3 is 21.7 Å². The van der Waals surface area contributed by atoms with Crippen molar-refractivity contribution in [3.8, 4) is 0 Å². The van der Waals surface area contributed by atoms with Gasteiger partial charge in [-0.1, -0.05) is 27.7 Å². The third kappa shape index (κ3) is 8.79. The van der Waals surface area contributed by atoms with E-state index in [0.29, 0.717) is 0 Å². The molecule has 11 heteroatoms. The molecular formula is C39H57Cl3N6SiTi. The minimum atomic E-state index is -3.02. The molecule has 0 aliphatic carbocycles. The summed E-state index contributed by atoms with van der Waals surface area (Å²) in [7, 11) is 22.8. The van der Waals surface area contributed by atoms with Crippen molar-refractivity contribution < 1.29 is 58.9 Å². The maximum Gasteiger partial charge on any atom is 4.00 e. The van der Waals surface area contributed by atoms with E-state index in [9.17, 15) is 0 Å². The van der Waals surface area contributed by atoms with Crippen LogP contribution in [0.5, 0.6) is 0 Å². The Labute approximate surface area is 338 Å². The van der Waals surface area contributed by atoms with Crippen LogP contribution in [0.3, 0.4) is 0 Å². The fourth-order valence-corrected chi connectivity index (χ4v) is 12.3. The fourth-order valence-electron chi connectivity index (χ4n) is 6.70. The quantitative estimate of drug-likeness (QED) is 0.0911. The van der Waals surface area contributed by atoms with E-state index in [1.165, 1.54) is 77.1 Å². The van der Waals surface area contributed by atoms with E-state index in [2.05, 4.69) is 196 Å². The first-order chi connectivity index (χ1) is 21.4.